The fourth-order valence-corrected chi connectivity index (χ4v) is 3.55. The number of carbonyl (C=O) groups excluding carboxylic acids is 1. The first kappa shape index (κ1) is 19.1. The predicted molar refractivity (Wildman–Crippen MR) is 114 cm³/mol. The van der Waals surface area contributed by atoms with Crippen LogP contribution in [0.1, 0.15) is 27.7 Å². The molecule has 1 aliphatic rings. The second-order valence-electron chi connectivity index (χ2n) is 7.11. The Morgan fingerprint density at radius 2 is 2.00 bits per heavy atom. The first-order valence-corrected chi connectivity index (χ1v) is 9.97. The minimum absolute atomic E-state index is 0.148. The monoisotopic (exact) mass is 387 g/mol. The van der Waals surface area contributed by atoms with Gasteiger partial charge in [-0.1, -0.05) is 42.5 Å². The molecule has 0 spiro atoms. The highest BCUT2D eigenvalue weighted by Crippen LogP contribution is 2.21. The van der Waals surface area contributed by atoms with Crippen molar-refractivity contribution in [2.45, 2.75) is 12.5 Å². The van der Waals surface area contributed by atoms with Crippen molar-refractivity contribution in [1.29, 1.82) is 0 Å². The fourth-order valence-electron chi connectivity index (χ4n) is 3.55. The van der Waals surface area contributed by atoms with Crippen molar-refractivity contribution in [3.05, 3.63) is 89.9 Å². The number of benzene rings is 1. The molecule has 148 valence electrons. The third-order valence-electron chi connectivity index (χ3n) is 5.09. The summed E-state index contributed by atoms with van der Waals surface area (Å²) in [4.78, 5) is 23.5. The SMILES string of the molecule is O=C(NCCc1cccnc1)c1cccc(N2CCN[C@@H](c3ccccc3)C2)n1. The van der Waals surface area contributed by atoms with Crippen molar-refractivity contribution in [3.8, 4) is 0 Å². The molecule has 2 N–H and O–H groups in total. The zero-order chi connectivity index (χ0) is 19.9. The van der Waals surface area contributed by atoms with E-state index in [-0.39, 0.29) is 11.9 Å². The van der Waals surface area contributed by atoms with Crippen LogP contribution in [0, 0.1) is 0 Å². The molecular formula is C23H25N5O. The molecule has 0 unspecified atom stereocenters. The lowest BCUT2D eigenvalue weighted by Crippen LogP contribution is -2.46. The lowest BCUT2D eigenvalue weighted by molar-refractivity contribution is 0.0949. The lowest BCUT2D eigenvalue weighted by atomic mass is 10.0. The second-order valence-corrected chi connectivity index (χ2v) is 7.11. The Labute approximate surface area is 171 Å². The van der Waals surface area contributed by atoms with Crippen molar-refractivity contribution < 1.29 is 4.79 Å². The van der Waals surface area contributed by atoms with Gasteiger partial charge >= 0.3 is 0 Å². The molecule has 0 bridgehead atoms. The maximum absolute atomic E-state index is 12.5. The molecule has 1 saturated heterocycles. The van der Waals surface area contributed by atoms with Crippen LogP contribution in [-0.4, -0.2) is 42.1 Å². The van der Waals surface area contributed by atoms with Crippen LogP contribution in [0.5, 0.6) is 0 Å². The highest BCUT2D eigenvalue weighted by atomic mass is 16.1. The van der Waals surface area contributed by atoms with Gasteiger partial charge < -0.3 is 15.5 Å². The van der Waals surface area contributed by atoms with E-state index in [9.17, 15) is 4.79 Å². The number of pyridine rings is 2. The summed E-state index contributed by atoms with van der Waals surface area (Å²) in [6.07, 6.45) is 4.31. The van der Waals surface area contributed by atoms with Gasteiger partial charge in [-0.15, -0.1) is 0 Å². The largest absolute Gasteiger partial charge is 0.353 e. The molecule has 1 aliphatic heterocycles. The van der Waals surface area contributed by atoms with Crippen LogP contribution in [0.2, 0.25) is 0 Å². The number of nitrogens with zero attached hydrogens (tertiary/aromatic N) is 3. The van der Waals surface area contributed by atoms with E-state index in [4.69, 9.17) is 0 Å². The van der Waals surface area contributed by atoms with Crippen molar-refractivity contribution in [2.75, 3.05) is 31.1 Å². The van der Waals surface area contributed by atoms with Gasteiger partial charge in [0.1, 0.15) is 11.5 Å². The number of nitrogens with one attached hydrogen (secondary N) is 2. The number of hydrogen-bond acceptors (Lipinski definition) is 5. The Balaban J connectivity index is 1.38. The summed E-state index contributed by atoms with van der Waals surface area (Å²) in [6.45, 7) is 3.12. The first-order chi connectivity index (χ1) is 14.3. The van der Waals surface area contributed by atoms with Gasteiger partial charge in [0.05, 0.1) is 0 Å². The molecule has 0 aliphatic carbocycles. The third-order valence-corrected chi connectivity index (χ3v) is 5.09. The Hall–Kier alpha value is -3.25. The minimum Gasteiger partial charge on any atom is -0.353 e. The Bertz CT molecular complexity index is 932. The van der Waals surface area contributed by atoms with Crippen LogP contribution in [0.4, 0.5) is 5.82 Å². The van der Waals surface area contributed by atoms with Crippen LogP contribution >= 0.6 is 0 Å². The zero-order valence-electron chi connectivity index (χ0n) is 16.3. The summed E-state index contributed by atoms with van der Waals surface area (Å²) >= 11 is 0. The van der Waals surface area contributed by atoms with Gasteiger partial charge in [0, 0.05) is 44.6 Å². The number of rotatable bonds is 6. The molecule has 6 heteroatoms. The van der Waals surface area contributed by atoms with Gasteiger partial charge in [0.15, 0.2) is 0 Å². The van der Waals surface area contributed by atoms with Crippen molar-refractivity contribution in [1.82, 2.24) is 20.6 Å². The third kappa shape index (κ3) is 4.97. The fraction of sp³-hybridized carbons (Fsp3) is 0.261. The van der Waals surface area contributed by atoms with Gasteiger partial charge in [-0.3, -0.25) is 9.78 Å². The molecule has 3 heterocycles. The van der Waals surface area contributed by atoms with E-state index in [2.05, 4.69) is 49.8 Å². The summed E-state index contributed by atoms with van der Waals surface area (Å²) in [5.41, 5.74) is 2.81. The van der Waals surface area contributed by atoms with E-state index in [1.54, 1.807) is 12.3 Å². The summed E-state index contributed by atoms with van der Waals surface area (Å²) in [5.74, 6) is 0.692. The highest BCUT2D eigenvalue weighted by Gasteiger charge is 2.22. The van der Waals surface area contributed by atoms with Crippen LogP contribution < -0.4 is 15.5 Å². The Morgan fingerprint density at radius 1 is 1.10 bits per heavy atom. The molecule has 0 saturated carbocycles. The van der Waals surface area contributed by atoms with Gasteiger partial charge in [-0.25, -0.2) is 4.98 Å². The van der Waals surface area contributed by atoms with E-state index >= 15 is 0 Å². The van der Waals surface area contributed by atoms with Crippen LogP contribution in [0.25, 0.3) is 0 Å². The van der Waals surface area contributed by atoms with Crippen molar-refractivity contribution >= 4 is 11.7 Å². The van der Waals surface area contributed by atoms with E-state index < -0.39 is 0 Å². The average Bonchev–Trinajstić information content (AvgIpc) is 2.80. The van der Waals surface area contributed by atoms with Gasteiger partial charge in [-0.2, -0.15) is 0 Å². The standard InChI is InChI=1S/C23H25N5O/c29-23(26-13-11-18-6-5-12-24-16-18)20-9-4-10-22(27-20)28-15-14-25-21(17-28)19-7-2-1-3-8-19/h1-10,12,16,21,25H,11,13-15,17H2,(H,26,29)/t21-/m1/s1. The van der Waals surface area contributed by atoms with E-state index in [1.807, 2.05) is 36.5 Å². The maximum atomic E-state index is 12.5. The number of hydrogen-bond donors (Lipinski definition) is 2. The number of aromatic nitrogens is 2. The van der Waals surface area contributed by atoms with Crippen molar-refractivity contribution in [2.24, 2.45) is 0 Å². The number of anilines is 1. The number of amides is 1. The molecule has 1 atom stereocenters. The average molecular weight is 387 g/mol. The van der Waals surface area contributed by atoms with Crippen LogP contribution in [-0.2, 0) is 6.42 Å². The predicted octanol–water partition coefficient (Wildman–Crippen LogP) is 2.60. The zero-order valence-corrected chi connectivity index (χ0v) is 16.3. The smallest absolute Gasteiger partial charge is 0.269 e. The van der Waals surface area contributed by atoms with E-state index in [1.165, 1.54) is 5.56 Å². The maximum Gasteiger partial charge on any atom is 0.269 e. The molecule has 0 radical (unpaired) electrons. The molecule has 1 amide bonds. The lowest BCUT2D eigenvalue weighted by Gasteiger charge is -2.34. The first-order valence-electron chi connectivity index (χ1n) is 9.97. The summed E-state index contributed by atoms with van der Waals surface area (Å²) in [5, 5.41) is 6.51. The molecule has 1 aromatic carbocycles. The van der Waals surface area contributed by atoms with E-state index in [0.29, 0.717) is 12.2 Å². The molecule has 6 nitrogen and oxygen atoms in total. The second kappa shape index (κ2) is 9.30. The molecule has 2 aromatic heterocycles. The van der Waals surface area contributed by atoms with Crippen molar-refractivity contribution in [3.63, 3.8) is 0 Å². The van der Waals surface area contributed by atoms with Gasteiger partial charge in [-0.05, 0) is 35.7 Å². The molecular weight excluding hydrogens is 362 g/mol. The van der Waals surface area contributed by atoms with Crippen LogP contribution in [0.3, 0.4) is 0 Å². The Kier molecular flexibility index (Phi) is 6.12. The normalized spacial score (nSPS) is 16.4. The topological polar surface area (TPSA) is 70.2 Å². The molecule has 3 aromatic rings. The van der Waals surface area contributed by atoms with Gasteiger partial charge in [0.25, 0.3) is 5.91 Å². The quantitative estimate of drug-likeness (QED) is 0.680. The van der Waals surface area contributed by atoms with E-state index in [0.717, 1.165) is 37.4 Å². The summed E-state index contributed by atoms with van der Waals surface area (Å²) in [6, 6.07) is 20.2. The van der Waals surface area contributed by atoms with Gasteiger partial charge in [0.2, 0.25) is 0 Å². The summed E-state index contributed by atoms with van der Waals surface area (Å²) < 4.78 is 0. The molecule has 1 fully saturated rings. The Morgan fingerprint density at radius 3 is 2.83 bits per heavy atom. The molecule has 29 heavy (non-hydrogen) atoms. The summed E-state index contributed by atoms with van der Waals surface area (Å²) in [7, 11) is 0. The van der Waals surface area contributed by atoms with Crippen LogP contribution in [0.15, 0.2) is 73.1 Å². The highest BCUT2D eigenvalue weighted by molar-refractivity contribution is 5.92. The number of piperazine rings is 1. The molecule has 4 rings (SSSR count). The number of carbonyl (C=O) groups is 1. The minimum atomic E-state index is -0.148.